The van der Waals surface area contributed by atoms with Crippen molar-refractivity contribution in [1.82, 2.24) is 5.32 Å². The number of hydrogen-bond acceptors (Lipinski definition) is 1. The molecule has 0 bridgehead atoms. The van der Waals surface area contributed by atoms with Crippen LogP contribution in [0, 0.1) is 0 Å². The van der Waals surface area contributed by atoms with E-state index < -0.39 is 0 Å². The Hall–Kier alpha value is -0.290. The van der Waals surface area contributed by atoms with Gasteiger partial charge in [0.2, 0.25) is 0 Å². The summed E-state index contributed by atoms with van der Waals surface area (Å²) in [6.45, 7) is 5.51. The van der Waals surface area contributed by atoms with Crippen molar-refractivity contribution in [3.8, 4) is 0 Å². The van der Waals surface area contributed by atoms with Gasteiger partial charge in [-0.3, -0.25) is 0 Å². The molecule has 46 valence electrons. The van der Waals surface area contributed by atoms with Crippen molar-refractivity contribution < 1.29 is 0 Å². The van der Waals surface area contributed by atoms with Crippen molar-refractivity contribution in [3.63, 3.8) is 0 Å². The van der Waals surface area contributed by atoms with Crippen molar-refractivity contribution in [2.24, 2.45) is 0 Å². The molecule has 1 nitrogen and oxygen atoms in total. The van der Waals surface area contributed by atoms with E-state index >= 15 is 0 Å². The van der Waals surface area contributed by atoms with Crippen LogP contribution in [0.2, 0.25) is 0 Å². The molecule has 0 fully saturated rings. The highest BCUT2D eigenvalue weighted by Crippen LogP contribution is 1.95. The highest BCUT2D eigenvalue weighted by Gasteiger charge is 1.85. The van der Waals surface area contributed by atoms with Gasteiger partial charge < -0.3 is 5.32 Å². The van der Waals surface area contributed by atoms with Crippen molar-refractivity contribution >= 4 is 9.24 Å². The van der Waals surface area contributed by atoms with Gasteiger partial charge in [0.15, 0.2) is 0 Å². The van der Waals surface area contributed by atoms with Gasteiger partial charge in [-0.05, 0) is 13.1 Å². The summed E-state index contributed by atoms with van der Waals surface area (Å²) in [6.07, 6.45) is 5.71. The fourth-order valence-corrected chi connectivity index (χ4v) is 0.757. The normalized spacial score (nSPS) is 13.8. The molecular weight excluding hydrogens is 117 g/mol. The first-order chi connectivity index (χ1) is 3.81. The molecule has 0 aromatic rings. The molecule has 0 aromatic carbocycles. The molecule has 2 atom stereocenters. The van der Waals surface area contributed by atoms with E-state index in [1.165, 1.54) is 0 Å². The van der Waals surface area contributed by atoms with E-state index in [0.29, 0.717) is 5.78 Å². The fraction of sp³-hybridized carbons (Fsp3) is 0.333. The van der Waals surface area contributed by atoms with Crippen LogP contribution in [-0.4, -0.2) is 5.78 Å². The summed E-state index contributed by atoms with van der Waals surface area (Å²) < 4.78 is 0. The van der Waals surface area contributed by atoms with Gasteiger partial charge in [0.05, 0.1) is 5.78 Å². The minimum Gasteiger partial charge on any atom is -0.382 e. The van der Waals surface area contributed by atoms with Gasteiger partial charge in [-0.25, -0.2) is 0 Å². The standard InChI is InChI=1S/C6H12NP/c1-3-5-6(8)7-4-2/h3-7H,2,8H2,1H3/b5-3-. The molecule has 0 saturated heterocycles. The van der Waals surface area contributed by atoms with Crippen LogP contribution >= 0.6 is 9.24 Å². The molecule has 0 amide bonds. The van der Waals surface area contributed by atoms with Crippen LogP contribution in [0.3, 0.4) is 0 Å². The van der Waals surface area contributed by atoms with E-state index in [4.69, 9.17) is 0 Å². The predicted molar refractivity (Wildman–Crippen MR) is 41.6 cm³/mol. The maximum atomic E-state index is 3.52. The molecule has 0 aromatic heterocycles. The molecule has 0 aliphatic heterocycles. The van der Waals surface area contributed by atoms with Crippen molar-refractivity contribution in [2.45, 2.75) is 12.7 Å². The Kier molecular flexibility index (Phi) is 4.68. The predicted octanol–water partition coefficient (Wildman–Crippen LogP) is 1.50. The summed E-state index contributed by atoms with van der Waals surface area (Å²) in [5, 5.41) is 2.99. The zero-order chi connectivity index (χ0) is 6.41. The Balaban J connectivity index is 3.31. The number of allylic oxidation sites excluding steroid dienone is 1. The van der Waals surface area contributed by atoms with Crippen molar-refractivity contribution in [1.29, 1.82) is 0 Å². The summed E-state index contributed by atoms with van der Waals surface area (Å²) in [7, 11) is 2.63. The number of hydrogen-bond donors (Lipinski definition) is 1. The van der Waals surface area contributed by atoms with Crippen LogP contribution in [0.5, 0.6) is 0 Å². The van der Waals surface area contributed by atoms with Gasteiger partial charge in [-0.15, -0.1) is 9.24 Å². The van der Waals surface area contributed by atoms with Crippen LogP contribution < -0.4 is 5.32 Å². The third kappa shape index (κ3) is 3.89. The van der Waals surface area contributed by atoms with Crippen LogP contribution in [0.15, 0.2) is 24.9 Å². The highest BCUT2D eigenvalue weighted by molar-refractivity contribution is 7.17. The quantitative estimate of drug-likeness (QED) is 0.449. The second-order valence-electron chi connectivity index (χ2n) is 1.42. The zero-order valence-corrected chi connectivity index (χ0v) is 6.25. The molecule has 0 aliphatic carbocycles. The van der Waals surface area contributed by atoms with E-state index in [-0.39, 0.29) is 0 Å². The Morgan fingerprint density at radius 2 is 2.38 bits per heavy atom. The average Bonchev–Trinajstić information content (AvgIpc) is 1.68. The lowest BCUT2D eigenvalue weighted by Crippen LogP contribution is -2.12. The molecule has 0 heterocycles. The largest absolute Gasteiger partial charge is 0.382 e. The number of nitrogens with one attached hydrogen (secondary N) is 1. The Morgan fingerprint density at radius 1 is 1.75 bits per heavy atom. The minimum atomic E-state index is 0.331. The second kappa shape index (κ2) is 4.86. The maximum absolute atomic E-state index is 3.52. The van der Waals surface area contributed by atoms with E-state index in [9.17, 15) is 0 Å². The van der Waals surface area contributed by atoms with Gasteiger partial charge in [0.25, 0.3) is 0 Å². The Labute approximate surface area is 53.1 Å². The smallest absolute Gasteiger partial charge is 0.0577 e. The molecule has 1 N–H and O–H groups in total. The third-order valence-electron chi connectivity index (χ3n) is 0.710. The first-order valence-corrected chi connectivity index (χ1v) is 3.23. The van der Waals surface area contributed by atoms with Gasteiger partial charge in [0, 0.05) is 0 Å². The zero-order valence-electron chi connectivity index (χ0n) is 5.09. The third-order valence-corrected chi connectivity index (χ3v) is 1.12. The molecule has 2 unspecified atom stereocenters. The SMILES string of the molecule is C=CNC(P)/C=C\C. The summed E-state index contributed by atoms with van der Waals surface area (Å²) in [4.78, 5) is 0. The van der Waals surface area contributed by atoms with Gasteiger partial charge in [-0.2, -0.15) is 0 Å². The van der Waals surface area contributed by atoms with E-state index in [2.05, 4.69) is 21.1 Å². The second-order valence-corrected chi connectivity index (χ2v) is 2.14. The molecule has 0 aliphatic rings. The van der Waals surface area contributed by atoms with Gasteiger partial charge in [0.1, 0.15) is 0 Å². The van der Waals surface area contributed by atoms with Gasteiger partial charge in [-0.1, -0.05) is 18.7 Å². The Bertz CT molecular complexity index is 88.5. The highest BCUT2D eigenvalue weighted by atomic mass is 31.0. The fourth-order valence-electron chi connectivity index (χ4n) is 0.399. The minimum absolute atomic E-state index is 0.331. The maximum Gasteiger partial charge on any atom is 0.0577 e. The molecule has 0 saturated carbocycles. The topological polar surface area (TPSA) is 12.0 Å². The Morgan fingerprint density at radius 3 is 2.75 bits per heavy atom. The van der Waals surface area contributed by atoms with Crippen LogP contribution in [0.4, 0.5) is 0 Å². The van der Waals surface area contributed by atoms with E-state index in [0.717, 1.165) is 0 Å². The lowest BCUT2D eigenvalue weighted by Gasteiger charge is -2.02. The summed E-state index contributed by atoms with van der Waals surface area (Å²) in [5.74, 6) is 0.331. The van der Waals surface area contributed by atoms with E-state index in [1.54, 1.807) is 6.20 Å². The van der Waals surface area contributed by atoms with Crippen LogP contribution in [0.1, 0.15) is 6.92 Å². The van der Waals surface area contributed by atoms with Gasteiger partial charge >= 0.3 is 0 Å². The molecule has 8 heavy (non-hydrogen) atoms. The van der Waals surface area contributed by atoms with Crippen LogP contribution in [0.25, 0.3) is 0 Å². The summed E-state index contributed by atoms with van der Waals surface area (Å²) >= 11 is 0. The van der Waals surface area contributed by atoms with E-state index in [1.807, 2.05) is 19.1 Å². The lowest BCUT2D eigenvalue weighted by atomic mass is 10.5. The summed E-state index contributed by atoms with van der Waals surface area (Å²) in [6, 6.07) is 0. The molecule has 2 heteroatoms. The summed E-state index contributed by atoms with van der Waals surface area (Å²) in [5.41, 5.74) is 0. The first kappa shape index (κ1) is 7.71. The molecule has 0 radical (unpaired) electrons. The molecule has 0 spiro atoms. The molecule has 0 rings (SSSR count). The van der Waals surface area contributed by atoms with Crippen molar-refractivity contribution in [2.75, 3.05) is 0 Å². The molecular formula is C6H12NP. The van der Waals surface area contributed by atoms with Crippen LogP contribution in [-0.2, 0) is 0 Å². The average molecular weight is 129 g/mol. The monoisotopic (exact) mass is 129 g/mol. The lowest BCUT2D eigenvalue weighted by molar-refractivity contribution is 0.928. The number of rotatable bonds is 3. The first-order valence-electron chi connectivity index (χ1n) is 2.56. The van der Waals surface area contributed by atoms with Crippen molar-refractivity contribution in [3.05, 3.63) is 24.9 Å².